The van der Waals surface area contributed by atoms with Crippen molar-refractivity contribution in [3.05, 3.63) is 33.0 Å². The van der Waals surface area contributed by atoms with E-state index in [1.165, 1.54) is 23.3 Å². The Hall–Kier alpha value is -1.37. The van der Waals surface area contributed by atoms with Gasteiger partial charge >= 0.3 is 6.47 Å². The van der Waals surface area contributed by atoms with Crippen molar-refractivity contribution in [2.24, 2.45) is 0 Å². The molecule has 0 fully saturated rings. The van der Waals surface area contributed by atoms with Crippen molar-refractivity contribution in [3.8, 4) is 5.69 Å². The van der Waals surface area contributed by atoms with Crippen LogP contribution < -0.4 is 0 Å². The van der Waals surface area contributed by atoms with E-state index in [9.17, 15) is 4.79 Å². The zero-order valence-corrected chi connectivity index (χ0v) is 11.6. The minimum absolute atomic E-state index is 0.104. The number of benzene rings is 1. The van der Waals surface area contributed by atoms with Crippen LogP contribution in [0, 0.1) is 0 Å². The predicted molar refractivity (Wildman–Crippen MR) is 69.5 cm³/mol. The second-order valence-electron chi connectivity index (χ2n) is 3.41. The van der Waals surface area contributed by atoms with Crippen LogP contribution in [0.15, 0.2) is 12.1 Å². The Kier molecular flexibility index (Phi) is 4.57. The monoisotopic (exact) mass is 319 g/mol. The maximum absolute atomic E-state index is 9.97. The Morgan fingerprint density at radius 3 is 2.58 bits per heavy atom. The standard InChI is InChI=1S/C10H6Cl3N4O2/c11-6-3-7(12)10(8(13)4-6)17-9(14-15-16-17)1-2-19-5-18/h3-4H,1-2H2. The zero-order chi connectivity index (χ0) is 13.8. The summed E-state index contributed by atoms with van der Waals surface area (Å²) in [4.78, 5) is 9.97. The molecule has 2 rings (SSSR count). The summed E-state index contributed by atoms with van der Waals surface area (Å²) < 4.78 is 5.85. The van der Waals surface area contributed by atoms with E-state index >= 15 is 0 Å². The first-order valence-corrected chi connectivity index (χ1v) is 6.18. The summed E-state index contributed by atoms with van der Waals surface area (Å²) in [7, 11) is 0. The average Bonchev–Trinajstić information content (AvgIpc) is 2.76. The molecule has 0 N–H and O–H groups in total. The number of hydrogen-bond acceptors (Lipinski definition) is 5. The molecule has 0 spiro atoms. The summed E-state index contributed by atoms with van der Waals surface area (Å²) in [5.41, 5.74) is 0.419. The van der Waals surface area contributed by atoms with E-state index in [0.717, 1.165) is 0 Å². The molecule has 19 heavy (non-hydrogen) atoms. The highest BCUT2D eigenvalue weighted by molar-refractivity contribution is 6.40. The van der Waals surface area contributed by atoms with Gasteiger partial charge in [-0.3, -0.25) is 0 Å². The molecule has 0 aliphatic carbocycles. The Labute approximate surface area is 123 Å². The smallest absolute Gasteiger partial charge is 0.417 e. The van der Waals surface area contributed by atoms with Gasteiger partial charge in [0.2, 0.25) is 0 Å². The number of aromatic nitrogens is 4. The van der Waals surface area contributed by atoms with E-state index in [-0.39, 0.29) is 6.61 Å². The molecule has 1 radical (unpaired) electrons. The molecule has 0 saturated carbocycles. The van der Waals surface area contributed by atoms with Crippen LogP contribution in [0.4, 0.5) is 0 Å². The lowest BCUT2D eigenvalue weighted by molar-refractivity contribution is 0.278. The van der Waals surface area contributed by atoms with Crippen molar-refractivity contribution >= 4 is 41.3 Å². The number of ether oxygens (including phenoxy) is 1. The van der Waals surface area contributed by atoms with Crippen molar-refractivity contribution in [2.45, 2.75) is 6.42 Å². The number of tetrazole rings is 1. The van der Waals surface area contributed by atoms with E-state index < -0.39 is 0 Å². The SMILES string of the molecule is O=[C]OCCc1nnnn1-c1c(Cl)cc(Cl)cc1Cl. The molecule has 6 nitrogen and oxygen atoms in total. The first-order chi connectivity index (χ1) is 9.13. The largest absolute Gasteiger partial charge is 0.457 e. The highest BCUT2D eigenvalue weighted by atomic mass is 35.5. The van der Waals surface area contributed by atoms with E-state index in [2.05, 4.69) is 20.3 Å². The van der Waals surface area contributed by atoms with Gasteiger partial charge < -0.3 is 4.74 Å². The normalized spacial score (nSPS) is 10.5. The summed E-state index contributed by atoms with van der Waals surface area (Å²) in [6, 6.07) is 3.07. The van der Waals surface area contributed by atoms with Gasteiger partial charge in [0, 0.05) is 11.4 Å². The molecular weight excluding hydrogens is 314 g/mol. The van der Waals surface area contributed by atoms with Crippen molar-refractivity contribution in [3.63, 3.8) is 0 Å². The highest BCUT2D eigenvalue weighted by Crippen LogP contribution is 2.32. The van der Waals surface area contributed by atoms with E-state index in [1.807, 2.05) is 0 Å². The molecule has 0 aliphatic rings. The zero-order valence-electron chi connectivity index (χ0n) is 9.31. The van der Waals surface area contributed by atoms with Crippen LogP contribution in [-0.2, 0) is 16.0 Å². The van der Waals surface area contributed by atoms with Gasteiger partial charge in [0.05, 0.1) is 16.7 Å². The molecule has 0 aliphatic heterocycles. The molecule has 0 amide bonds. The first-order valence-electron chi connectivity index (χ1n) is 5.04. The minimum Gasteiger partial charge on any atom is -0.457 e. The quantitative estimate of drug-likeness (QED) is 0.790. The third-order valence-electron chi connectivity index (χ3n) is 2.21. The fraction of sp³-hybridized carbons (Fsp3) is 0.200. The fourth-order valence-corrected chi connectivity index (χ4v) is 2.43. The minimum atomic E-state index is 0.104. The lowest BCUT2D eigenvalue weighted by Gasteiger charge is -2.08. The Morgan fingerprint density at radius 2 is 1.95 bits per heavy atom. The van der Waals surface area contributed by atoms with Crippen LogP contribution >= 0.6 is 34.8 Å². The van der Waals surface area contributed by atoms with Crippen LogP contribution in [0.25, 0.3) is 5.69 Å². The molecule has 99 valence electrons. The number of nitrogens with zero attached hydrogens (tertiary/aromatic N) is 4. The molecule has 1 aromatic carbocycles. The molecule has 2 aromatic rings. The van der Waals surface area contributed by atoms with Crippen molar-refractivity contribution in [2.75, 3.05) is 6.61 Å². The maximum atomic E-state index is 9.97. The molecule has 0 unspecified atom stereocenters. The van der Waals surface area contributed by atoms with Crippen LogP contribution in [0.5, 0.6) is 0 Å². The average molecular weight is 321 g/mol. The van der Waals surface area contributed by atoms with E-state index in [0.29, 0.717) is 33.0 Å². The molecule has 0 saturated heterocycles. The van der Waals surface area contributed by atoms with Gasteiger partial charge in [-0.2, -0.15) is 4.68 Å². The molecular formula is C10H6Cl3N4O2. The second kappa shape index (κ2) is 6.18. The van der Waals surface area contributed by atoms with Crippen LogP contribution in [0.1, 0.15) is 5.82 Å². The third kappa shape index (κ3) is 3.15. The maximum Gasteiger partial charge on any atom is 0.417 e. The topological polar surface area (TPSA) is 69.9 Å². The third-order valence-corrected chi connectivity index (χ3v) is 3.01. The number of carbonyl (C=O) groups excluding carboxylic acids is 1. The predicted octanol–water partition coefficient (Wildman–Crippen LogP) is 2.25. The van der Waals surface area contributed by atoms with Gasteiger partial charge in [0.25, 0.3) is 0 Å². The number of halogens is 3. The Morgan fingerprint density at radius 1 is 1.26 bits per heavy atom. The van der Waals surface area contributed by atoms with Crippen molar-refractivity contribution < 1.29 is 9.53 Å². The molecule has 1 heterocycles. The first kappa shape index (κ1) is 14.0. The highest BCUT2D eigenvalue weighted by Gasteiger charge is 2.15. The lowest BCUT2D eigenvalue weighted by atomic mass is 10.3. The van der Waals surface area contributed by atoms with Gasteiger partial charge in [0.15, 0.2) is 5.82 Å². The van der Waals surface area contributed by atoms with E-state index in [1.54, 1.807) is 0 Å². The summed E-state index contributed by atoms with van der Waals surface area (Å²) in [6.07, 6.45) is 0.303. The molecule has 0 atom stereocenters. The molecule has 0 bridgehead atoms. The number of rotatable bonds is 5. The summed E-state index contributed by atoms with van der Waals surface area (Å²) in [5.74, 6) is 0.446. The summed E-state index contributed by atoms with van der Waals surface area (Å²) >= 11 is 18.0. The molecule has 9 heteroatoms. The van der Waals surface area contributed by atoms with Crippen LogP contribution in [0.3, 0.4) is 0 Å². The van der Waals surface area contributed by atoms with Gasteiger partial charge in [-0.15, -0.1) is 5.10 Å². The Balaban J connectivity index is 2.37. The Bertz CT molecular complexity index is 579. The van der Waals surface area contributed by atoms with Crippen molar-refractivity contribution in [1.29, 1.82) is 0 Å². The van der Waals surface area contributed by atoms with Crippen LogP contribution in [-0.4, -0.2) is 33.3 Å². The second-order valence-corrected chi connectivity index (χ2v) is 4.66. The lowest BCUT2D eigenvalue weighted by Crippen LogP contribution is -2.08. The molecule has 1 aromatic heterocycles. The summed E-state index contributed by atoms with van der Waals surface area (Å²) in [5, 5.41) is 12.2. The van der Waals surface area contributed by atoms with Gasteiger partial charge in [0.1, 0.15) is 5.69 Å². The van der Waals surface area contributed by atoms with E-state index in [4.69, 9.17) is 34.8 Å². The van der Waals surface area contributed by atoms with Gasteiger partial charge in [-0.25, -0.2) is 4.79 Å². The van der Waals surface area contributed by atoms with Gasteiger partial charge in [-0.05, 0) is 22.6 Å². The van der Waals surface area contributed by atoms with Crippen molar-refractivity contribution in [1.82, 2.24) is 20.2 Å². The van der Waals surface area contributed by atoms with Crippen LogP contribution in [0.2, 0.25) is 15.1 Å². The summed E-state index contributed by atoms with van der Waals surface area (Å²) in [6.45, 7) is 1.43. The van der Waals surface area contributed by atoms with Gasteiger partial charge in [-0.1, -0.05) is 34.8 Å². The number of hydrogen-bond donors (Lipinski definition) is 0. The fourth-order valence-electron chi connectivity index (χ4n) is 1.46.